The van der Waals surface area contributed by atoms with Crippen molar-refractivity contribution in [1.82, 2.24) is 14.5 Å². The molecule has 1 aromatic heterocycles. The van der Waals surface area contributed by atoms with Gasteiger partial charge in [0, 0.05) is 18.8 Å². The third-order valence-corrected chi connectivity index (χ3v) is 9.48. The molecule has 3 heterocycles. The number of carbonyl (C=O) groups is 1. The Morgan fingerprint density at radius 2 is 1.63 bits per heavy atom. The minimum atomic E-state index is -0.544. The van der Waals surface area contributed by atoms with Gasteiger partial charge in [0.05, 0.1) is 59.2 Å². The lowest BCUT2D eigenvalue weighted by atomic mass is 10.1. The summed E-state index contributed by atoms with van der Waals surface area (Å²) in [5.74, 6) is 1.75. The maximum Gasteiger partial charge on any atom is 0.266 e. The molecule has 1 atom stereocenters. The van der Waals surface area contributed by atoms with E-state index in [9.17, 15) is 14.0 Å². The van der Waals surface area contributed by atoms with Crippen LogP contribution in [0.5, 0.6) is 17.2 Å². The largest absolute Gasteiger partial charge is 0.494 e. The van der Waals surface area contributed by atoms with Gasteiger partial charge in [-0.2, -0.15) is 0 Å². The van der Waals surface area contributed by atoms with E-state index in [-0.39, 0.29) is 22.5 Å². The summed E-state index contributed by atoms with van der Waals surface area (Å²) in [6, 6.07) is 13.2. The monoisotopic (exact) mass is 688 g/mol. The minimum absolute atomic E-state index is 0.00827. The Kier molecular flexibility index (Phi) is 11.1. The first-order valence-electron chi connectivity index (χ1n) is 17.2. The summed E-state index contributed by atoms with van der Waals surface area (Å²) >= 11 is 5.96. The summed E-state index contributed by atoms with van der Waals surface area (Å²) in [5, 5.41) is 0.373. The summed E-state index contributed by atoms with van der Waals surface area (Å²) in [7, 11) is 1.60. The summed E-state index contributed by atoms with van der Waals surface area (Å²) < 4.78 is 32.7. The van der Waals surface area contributed by atoms with Gasteiger partial charge in [-0.05, 0) is 75.1 Å². The highest BCUT2D eigenvalue weighted by Crippen LogP contribution is 2.38. The van der Waals surface area contributed by atoms with E-state index < -0.39 is 5.82 Å². The van der Waals surface area contributed by atoms with E-state index in [1.807, 2.05) is 23.2 Å². The maximum absolute atomic E-state index is 13.7. The number of aromatic nitrogens is 2. The number of benzene rings is 3. The maximum atomic E-state index is 13.7. The number of amides is 1. The van der Waals surface area contributed by atoms with Crippen LogP contribution in [0.4, 0.5) is 10.1 Å². The molecule has 6 rings (SSSR count). The van der Waals surface area contributed by atoms with Crippen LogP contribution in [0.25, 0.3) is 16.6 Å². The number of fused-ring (bicyclic) bond motifs is 3. The second-order valence-electron chi connectivity index (χ2n) is 12.6. The quantitative estimate of drug-likeness (QED) is 0.116. The molecular weight excluding hydrogens is 647 g/mol. The van der Waals surface area contributed by atoms with Crippen molar-refractivity contribution < 1.29 is 23.4 Å². The van der Waals surface area contributed by atoms with Crippen LogP contribution < -0.4 is 19.8 Å². The van der Waals surface area contributed by atoms with Gasteiger partial charge >= 0.3 is 0 Å². The number of hydrogen-bond donors (Lipinski definition) is 0. The molecular formula is C38H42ClFN4O5. The first-order chi connectivity index (χ1) is 23.8. The topological polar surface area (TPSA) is 95.2 Å². The van der Waals surface area contributed by atoms with Crippen LogP contribution in [0.3, 0.4) is 0 Å². The Balaban J connectivity index is 0.883. The lowest BCUT2D eigenvalue weighted by Gasteiger charge is -2.20. The molecule has 0 unspecified atom stereocenters. The number of carbonyl (C=O) groups excluding carboxylic acids is 1. The molecule has 11 heteroatoms. The van der Waals surface area contributed by atoms with E-state index in [1.54, 1.807) is 32.2 Å². The number of rotatable bonds is 15. The van der Waals surface area contributed by atoms with Crippen LogP contribution in [-0.4, -0.2) is 59.5 Å². The summed E-state index contributed by atoms with van der Waals surface area (Å²) in [4.78, 5) is 37.5. The van der Waals surface area contributed by atoms with Crippen LogP contribution in [-0.2, 0) is 0 Å². The van der Waals surface area contributed by atoms with Gasteiger partial charge in [0.15, 0.2) is 11.5 Å². The molecule has 1 fully saturated rings. The molecule has 49 heavy (non-hydrogen) atoms. The molecule has 0 saturated carbocycles. The van der Waals surface area contributed by atoms with E-state index in [0.717, 1.165) is 64.3 Å². The van der Waals surface area contributed by atoms with Crippen molar-refractivity contribution >= 4 is 40.3 Å². The Labute approximate surface area is 290 Å². The van der Waals surface area contributed by atoms with E-state index in [0.29, 0.717) is 64.1 Å². The van der Waals surface area contributed by atoms with Gasteiger partial charge in [-0.25, -0.2) is 9.37 Å². The Bertz CT molecular complexity index is 1910. The standard InChI is InChI=1S/C38H42ClFN4O5/c1-25-42-33-16-14-28(21-29(33)38(46)44(25)26-13-15-32(40)31(39)20-26)48-18-9-7-5-3-4-6-8-10-19-49-36-23-34-30(22-35(36)47-2)37(45)43-17-11-12-27(43)24-41-34/h13-16,20-24,27H,3-12,17-19H2,1-2H3/t27-/m0/s1. The minimum Gasteiger partial charge on any atom is -0.494 e. The van der Waals surface area contributed by atoms with Crippen molar-refractivity contribution in [2.24, 2.45) is 4.99 Å². The molecule has 1 amide bonds. The number of hydrogen-bond acceptors (Lipinski definition) is 7. The smallest absolute Gasteiger partial charge is 0.266 e. The number of aliphatic imine (C=N–C) groups is 1. The third kappa shape index (κ3) is 7.90. The highest BCUT2D eigenvalue weighted by atomic mass is 35.5. The van der Waals surface area contributed by atoms with Crippen molar-refractivity contribution in [3.8, 4) is 22.9 Å². The van der Waals surface area contributed by atoms with Crippen molar-refractivity contribution in [2.75, 3.05) is 26.9 Å². The van der Waals surface area contributed by atoms with Gasteiger partial charge in [0.2, 0.25) is 0 Å². The van der Waals surface area contributed by atoms with Crippen LogP contribution >= 0.6 is 11.6 Å². The highest BCUT2D eigenvalue weighted by Gasteiger charge is 2.32. The van der Waals surface area contributed by atoms with Gasteiger partial charge in [-0.15, -0.1) is 0 Å². The normalized spacial score (nSPS) is 15.3. The molecule has 258 valence electrons. The predicted octanol–water partition coefficient (Wildman–Crippen LogP) is 8.39. The third-order valence-electron chi connectivity index (χ3n) is 9.19. The first kappa shape index (κ1) is 34.4. The van der Waals surface area contributed by atoms with Gasteiger partial charge in [-0.3, -0.25) is 19.1 Å². The number of methoxy groups -OCH3 is 1. The second kappa shape index (κ2) is 15.8. The summed E-state index contributed by atoms with van der Waals surface area (Å²) in [6.45, 7) is 3.64. The summed E-state index contributed by atoms with van der Waals surface area (Å²) in [6.07, 6.45) is 12.5. The molecule has 0 bridgehead atoms. The molecule has 0 radical (unpaired) electrons. The Morgan fingerprint density at radius 3 is 2.37 bits per heavy atom. The van der Waals surface area contributed by atoms with Crippen LogP contribution in [0.1, 0.15) is 80.4 Å². The van der Waals surface area contributed by atoms with Crippen molar-refractivity contribution in [3.05, 3.63) is 81.1 Å². The van der Waals surface area contributed by atoms with E-state index in [4.69, 9.17) is 25.8 Å². The Morgan fingerprint density at radius 1 is 0.898 bits per heavy atom. The van der Waals surface area contributed by atoms with Crippen LogP contribution in [0.15, 0.2) is 58.3 Å². The van der Waals surface area contributed by atoms with E-state index >= 15 is 0 Å². The van der Waals surface area contributed by atoms with E-state index in [2.05, 4.69) is 9.98 Å². The average molecular weight is 689 g/mol. The zero-order chi connectivity index (χ0) is 34.3. The number of ether oxygens (including phenoxy) is 3. The molecule has 4 aromatic rings. The van der Waals surface area contributed by atoms with Crippen LogP contribution in [0.2, 0.25) is 5.02 Å². The molecule has 0 N–H and O–H groups in total. The molecule has 3 aromatic carbocycles. The zero-order valence-electron chi connectivity index (χ0n) is 28.1. The van der Waals surface area contributed by atoms with Gasteiger partial charge in [-0.1, -0.05) is 50.1 Å². The first-order valence-corrected chi connectivity index (χ1v) is 17.5. The van der Waals surface area contributed by atoms with Crippen molar-refractivity contribution in [1.29, 1.82) is 0 Å². The molecule has 2 aliphatic rings. The fourth-order valence-electron chi connectivity index (χ4n) is 6.55. The molecule has 0 aliphatic carbocycles. The molecule has 1 saturated heterocycles. The number of aryl methyl sites for hydroxylation is 1. The Hall–Kier alpha value is -4.44. The lowest BCUT2D eigenvalue weighted by Crippen LogP contribution is -2.35. The zero-order valence-corrected chi connectivity index (χ0v) is 28.8. The van der Waals surface area contributed by atoms with Gasteiger partial charge in [0.1, 0.15) is 17.4 Å². The SMILES string of the molecule is COc1cc2c(cc1OCCCCCCCCCCOc1ccc3nc(C)n(-c4ccc(F)c(Cl)c4)c(=O)c3c1)N=C[C@@H]1CCCN1C2=O. The van der Waals surface area contributed by atoms with Crippen LogP contribution in [0, 0.1) is 12.7 Å². The fraction of sp³-hybridized carbons (Fsp3) is 0.421. The lowest BCUT2D eigenvalue weighted by molar-refractivity contribution is 0.0774. The average Bonchev–Trinajstić information content (AvgIpc) is 3.53. The number of halogens is 2. The predicted molar refractivity (Wildman–Crippen MR) is 190 cm³/mol. The summed E-state index contributed by atoms with van der Waals surface area (Å²) in [5.41, 5.74) is 1.98. The highest BCUT2D eigenvalue weighted by molar-refractivity contribution is 6.30. The van der Waals surface area contributed by atoms with Crippen molar-refractivity contribution in [2.45, 2.75) is 77.2 Å². The fourth-order valence-corrected chi connectivity index (χ4v) is 6.73. The molecule has 9 nitrogen and oxygen atoms in total. The van der Waals surface area contributed by atoms with Gasteiger partial charge < -0.3 is 19.1 Å². The van der Waals surface area contributed by atoms with Crippen molar-refractivity contribution in [3.63, 3.8) is 0 Å². The number of unbranched alkanes of at least 4 members (excludes halogenated alkanes) is 7. The van der Waals surface area contributed by atoms with E-state index in [1.165, 1.54) is 29.2 Å². The van der Waals surface area contributed by atoms with Gasteiger partial charge in [0.25, 0.3) is 11.5 Å². The second-order valence-corrected chi connectivity index (χ2v) is 13.0. The molecule has 0 spiro atoms. The number of nitrogens with zero attached hydrogens (tertiary/aromatic N) is 4. The molecule has 2 aliphatic heterocycles.